The Balaban J connectivity index is 2.05. The summed E-state index contributed by atoms with van der Waals surface area (Å²) in [4.78, 5) is 0. The number of thiol groups is 1. The number of hydrogen-bond donors (Lipinski definition) is 1. The highest BCUT2D eigenvalue weighted by Crippen LogP contribution is 2.21. The number of benzene rings is 1. The van der Waals surface area contributed by atoms with Crippen LogP contribution in [0.5, 0.6) is 0 Å². The summed E-state index contributed by atoms with van der Waals surface area (Å²) < 4.78 is 0. The van der Waals surface area contributed by atoms with Gasteiger partial charge in [0.05, 0.1) is 0 Å². The summed E-state index contributed by atoms with van der Waals surface area (Å²) in [7, 11) is 0. The number of rotatable bonds is 8. The second-order valence-corrected chi connectivity index (χ2v) is 5.74. The molecule has 0 nitrogen and oxygen atoms in total. The van der Waals surface area contributed by atoms with Crippen LogP contribution in [0, 0.1) is 0 Å². The normalized spacial score (nSPS) is 10.6. The van der Waals surface area contributed by atoms with Gasteiger partial charge in [-0.15, -0.1) is 0 Å². The first-order chi connectivity index (χ1) is 7.84. The van der Waals surface area contributed by atoms with Crippen molar-refractivity contribution in [1.82, 2.24) is 0 Å². The Labute approximate surface area is 114 Å². The summed E-state index contributed by atoms with van der Waals surface area (Å²) >= 11 is 12.3. The fourth-order valence-electron chi connectivity index (χ4n) is 1.47. The summed E-state index contributed by atoms with van der Waals surface area (Å²) in [6, 6.07) is 8.10. The molecule has 0 N–H and O–H groups in total. The van der Waals surface area contributed by atoms with E-state index in [2.05, 4.69) is 24.8 Å². The van der Waals surface area contributed by atoms with Crippen molar-refractivity contribution in [1.29, 1.82) is 0 Å². The largest absolute Gasteiger partial charge is 0.179 e. The van der Waals surface area contributed by atoms with E-state index < -0.39 is 0 Å². The molecule has 0 aliphatic heterocycles. The molecule has 0 atom stereocenters. The molecule has 0 heterocycles. The predicted molar refractivity (Wildman–Crippen MR) is 79.9 cm³/mol. The highest BCUT2D eigenvalue weighted by molar-refractivity contribution is 7.98. The van der Waals surface area contributed by atoms with E-state index in [1.54, 1.807) is 0 Å². The smallest absolute Gasteiger partial charge is 0.0446 e. The summed E-state index contributed by atoms with van der Waals surface area (Å²) in [5.74, 6) is 3.29. The van der Waals surface area contributed by atoms with Gasteiger partial charge in [-0.05, 0) is 36.0 Å². The van der Waals surface area contributed by atoms with Crippen LogP contribution in [0.1, 0.15) is 31.2 Å². The monoisotopic (exact) mass is 274 g/mol. The lowest BCUT2D eigenvalue weighted by atomic mass is 10.2. The molecule has 0 aliphatic rings. The van der Waals surface area contributed by atoms with E-state index in [0.717, 1.165) is 16.5 Å². The van der Waals surface area contributed by atoms with Crippen LogP contribution in [0.2, 0.25) is 5.02 Å². The zero-order valence-corrected chi connectivity index (χ0v) is 12.0. The second-order valence-electron chi connectivity index (χ2n) is 3.78. The minimum atomic E-state index is 0.894. The van der Waals surface area contributed by atoms with E-state index >= 15 is 0 Å². The summed E-state index contributed by atoms with van der Waals surface area (Å²) in [6.07, 6.45) is 5.20. The number of unbranched alkanes of at least 4 members (excludes halogenated alkanes) is 3. The Bertz CT molecular complexity index is 289. The number of thioether (sulfide) groups is 1. The molecule has 0 aliphatic carbocycles. The van der Waals surface area contributed by atoms with Gasteiger partial charge in [0.25, 0.3) is 0 Å². The lowest BCUT2D eigenvalue weighted by molar-refractivity contribution is 0.712. The van der Waals surface area contributed by atoms with Gasteiger partial charge in [0.15, 0.2) is 0 Å². The van der Waals surface area contributed by atoms with Crippen molar-refractivity contribution in [3.05, 3.63) is 34.9 Å². The van der Waals surface area contributed by atoms with E-state index in [0.29, 0.717) is 0 Å². The fourth-order valence-corrected chi connectivity index (χ4v) is 3.00. The molecular formula is C13H19ClS2. The minimum absolute atomic E-state index is 0.894. The molecule has 0 bridgehead atoms. The lowest BCUT2D eigenvalue weighted by Crippen LogP contribution is -1.86. The average Bonchev–Trinajstić information content (AvgIpc) is 2.30. The molecule has 1 rings (SSSR count). The number of halogens is 1. The van der Waals surface area contributed by atoms with Crippen molar-refractivity contribution in [3.8, 4) is 0 Å². The van der Waals surface area contributed by atoms with Gasteiger partial charge in [0.1, 0.15) is 0 Å². The molecule has 0 saturated heterocycles. The van der Waals surface area contributed by atoms with Gasteiger partial charge < -0.3 is 0 Å². The average molecular weight is 275 g/mol. The minimum Gasteiger partial charge on any atom is -0.179 e. The highest BCUT2D eigenvalue weighted by atomic mass is 35.5. The van der Waals surface area contributed by atoms with Gasteiger partial charge in [0, 0.05) is 10.8 Å². The molecule has 90 valence electrons. The molecule has 16 heavy (non-hydrogen) atoms. The fraction of sp³-hybridized carbons (Fsp3) is 0.538. The molecule has 0 unspecified atom stereocenters. The Hall–Kier alpha value is 0.210. The maximum Gasteiger partial charge on any atom is 0.0446 e. The first kappa shape index (κ1) is 14.3. The van der Waals surface area contributed by atoms with Crippen molar-refractivity contribution in [2.45, 2.75) is 31.4 Å². The zero-order chi connectivity index (χ0) is 11.6. The zero-order valence-electron chi connectivity index (χ0n) is 9.49. The van der Waals surface area contributed by atoms with E-state index in [1.807, 2.05) is 23.9 Å². The van der Waals surface area contributed by atoms with E-state index in [1.165, 1.54) is 37.0 Å². The van der Waals surface area contributed by atoms with Crippen LogP contribution < -0.4 is 0 Å². The van der Waals surface area contributed by atoms with Crippen LogP contribution in [-0.2, 0) is 5.75 Å². The first-order valence-corrected chi connectivity index (χ1v) is 7.93. The maximum atomic E-state index is 6.08. The second kappa shape index (κ2) is 9.26. The third-order valence-electron chi connectivity index (χ3n) is 2.41. The van der Waals surface area contributed by atoms with Crippen molar-refractivity contribution in [2.24, 2.45) is 0 Å². The standard InChI is InChI=1S/C13H19ClS2/c14-13-8-4-3-7-12(13)11-16-10-6-2-1-5-9-15/h3-4,7-8,15H,1-2,5-6,9-11H2. The molecule has 0 fully saturated rings. The molecule has 3 heteroatoms. The Morgan fingerprint density at radius 1 is 1.06 bits per heavy atom. The van der Waals surface area contributed by atoms with Crippen LogP contribution in [0.4, 0.5) is 0 Å². The third kappa shape index (κ3) is 6.07. The van der Waals surface area contributed by atoms with Crippen LogP contribution in [0.25, 0.3) is 0 Å². The van der Waals surface area contributed by atoms with E-state index in [9.17, 15) is 0 Å². The van der Waals surface area contributed by atoms with E-state index in [-0.39, 0.29) is 0 Å². The molecule has 1 aromatic rings. The molecular weight excluding hydrogens is 256 g/mol. The van der Waals surface area contributed by atoms with Crippen molar-refractivity contribution < 1.29 is 0 Å². The first-order valence-electron chi connectivity index (χ1n) is 5.76. The summed E-state index contributed by atoms with van der Waals surface area (Å²) in [5, 5.41) is 0.894. The Kier molecular flexibility index (Phi) is 8.26. The van der Waals surface area contributed by atoms with Gasteiger partial charge in [-0.3, -0.25) is 0 Å². The molecule has 0 spiro atoms. The van der Waals surface area contributed by atoms with E-state index in [4.69, 9.17) is 11.6 Å². The molecule has 0 amide bonds. The topological polar surface area (TPSA) is 0 Å². The van der Waals surface area contributed by atoms with Gasteiger partial charge in [-0.2, -0.15) is 24.4 Å². The lowest BCUT2D eigenvalue weighted by Gasteiger charge is -2.04. The SMILES string of the molecule is SCCCCCCSCc1ccccc1Cl. The number of hydrogen-bond acceptors (Lipinski definition) is 2. The predicted octanol–water partition coefficient (Wildman–Crippen LogP) is 5.06. The maximum absolute atomic E-state index is 6.08. The van der Waals surface area contributed by atoms with Crippen LogP contribution in [-0.4, -0.2) is 11.5 Å². The molecule has 0 saturated carbocycles. The van der Waals surface area contributed by atoms with Gasteiger partial charge in [-0.25, -0.2) is 0 Å². The Morgan fingerprint density at radius 2 is 1.81 bits per heavy atom. The van der Waals surface area contributed by atoms with Crippen LogP contribution >= 0.6 is 36.0 Å². The van der Waals surface area contributed by atoms with Crippen molar-refractivity contribution in [3.63, 3.8) is 0 Å². The summed E-state index contributed by atoms with van der Waals surface area (Å²) in [5.41, 5.74) is 1.25. The van der Waals surface area contributed by atoms with Gasteiger partial charge >= 0.3 is 0 Å². The van der Waals surface area contributed by atoms with Crippen molar-refractivity contribution >= 4 is 36.0 Å². The van der Waals surface area contributed by atoms with Gasteiger partial charge in [-0.1, -0.05) is 42.6 Å². The molecule has 0 radical (unpaired) electrons. The van der Waals surface area contributed by atoms with Crippen LogP contribution in [0.15, 0.2) is 24.3 Å². The highest BCUT2D eigenvalue weighted by Gasteiger charge is 1.98. The quantitative estimate of drug-likeness (QED) is 0.510. The third-order valence-corrected chi connectivity index (χ3v) is 4.19. The molecule has 0 aromatic heterocycles. The Morgan fingerprint density at radius 3 is 2.56 bits per heavy atom. The summed E-state index contributed by atoms with van der Waals surface area (Å²) in [6.45, 7) is 0. The van der Waals surface area contributed by atoms with Gasteiger partial charge in [0.2, 0.25) is 0 Å². The molecule has 1 aromatic carbocycles. The van der Waals surface area contributed by atoms with Crippen molar-refractivity contribution in [2.75, 3.05) is 11.5 Å². The van der Waals surface area contributed by atoms with Crippen LogP contribution in [0.3, 0.4) is 0 Å².